The van der Waals surface area contributed by atoms with Crippen LogP contribution in [0.3, 0.4) is 0 Å². The van der Waals surface area contributed by atoms with E-state index in [1.807, 2.05) is 13.0 Å². The van der Waals surface area contributed by atoms with E-state index in [2.05, 4.69) is 10.5 Å². The van der Waals surface area contributed by atoms with Gasteiger partial charge in [0.05, 0.1) is 17.3 Å². The Labute approximate surface area is 110 Å². The second-order valence-corrected chi connectivity index (χ2v) is 4.18. The number of hydrogen-bond acceptors (Lipinski definition) is 4. The monoisotopic (exact) mass is 255 g/mol. The van der Waals surface area contributed by atoms with Crippen LogP contribution in [0.25, 0.3) is 0 Å². The Balaban J connectivity index is 2.08. The summed E-state index contributed by atoms with van der Waals surface area (Å²) >= 11 is 0. The second kappa shape index (κ2) is 5.36. The fraction of sp³-hybridized carbons (Fsp3) is 0.214. The van der Waals surface area contributed by atoms with Gasteiger partial charge in [0.2, 0.25) is 0 Å². The highest BCUT2D eigenvalue weighted by Crippen LogP contribution is 2.12. The summed E-state index contributed by atoms with van der Waals surface area (Å²) in [5, 5.41) is 15.4. The van der Waals surface area contributed by atoms with Crippen LogP contribution < -0.4 is 5.32 Å². The van der Waals surface area contributed by atoms with Crippen molar-refractivity contribution in [2.24, 2.45) is 0 Å². The summed E-state index contributed by atoms with van der Waals surface area (Å²) in [6.45, 7) is 3.99. The quantitative estimate of drug-likeness (QED) is 0.910. The van der Waals surface area contributed by atoms with Crippen LogP contribution >= 0.6 is 0 Å². The third-order valence-corrected chi connectivity index (χ3v) is 2.86. The maximum absolute atomic E-state index is 12.0. The molecule has 1 aromatic heterocycles. The van der Waals surface area contributed by atoms with Crippen LogP contribution in [-0.2, 0) is 6.54 Å². The van der Waals surface area contributed by atoms with E-state index in [1.165, 1.54) is 0 Å². The van der Waals surface area contributed by atoms with Crippen LogP contribution in [0, 0.1) is 25.2 Å². The number of carbonyl (C=O) groups excluding carboxylic acids is 1. The Hall–Kier alpha value is -2.61. The Kier molecular flexibility index (Phi) is 3.62. The maximum atomic E-state index is 12.0. The fourth-order valence-corrected chi connectivity index (χ4v) is 1.75. The molecule has 0 aliphatic heterocycles. The molecule has 0 bridgehead atoms. The summed E-state index contributed by atoms with van der Waals surface area (Å²) in [4.78, 5) is 12.0. The molecule has 0 saturated heterocycles. The summed E-state index contributed by atoms with van der Waals surface area (Å²) in [6.07, 6.45) is 0. The second-order valence-electron chi connectivity index (χ2n) is 4.18. The van der Waals surface area contributed by atoms with Crippen molar-refractivity contribution in [1.29, 1.82) is 5.26 Å². The van der Waals surface area contributed by atoms with E-state index in [0.717, 1.165) is 11.3 Å². The molecule has 1 amide bonds. The first kappa shape index (κ1) is 12.8. The minimum Gasteiger partial charge on any atom is -0.361 e. The van der Waals surface area contributed by atoms with Gasteiger partial charge in [0.25, 0.3) is 5.91 Å². The molecule has 0 fully saturated rings. The Morgan fingerprint density at radius 2 is 2.26 bits per heavy atom. The molecule has 5 nitrogen and oxygen atoms in total. The zero-order chi connectivity index (χ0) is 13.8. The summed E-state index contributed by atoms with van der Waals surface area (Å²) in [6, 6.07) is 8.58. The summed E-state index contributed by atoms with van der Waals surface area (Å²) in [5.74, 6) is 0.473. The van der Waals surface area contributed by atoms with Crippen LogP contribution in [0.2, 0.25) is 0 Å². The molecule has 5 heteroatoms. The van der Waals surface area contributed by atoms with Crippen molar-refractivity contribution < 1.29 is 9.32 Å². The van der Waals surface area contributed by atoms with Gasteiger partial charge < -0.3 is 9.84 Å². The van der Waals surface area contributed by atoms with Crippen molar-refractivity contribution in [3.8, 4) is 6.07 Å². The van der Waals surface area contributed by atoms with Gasteiger partial charge in [-0.05, 0) is 32.0 Å². The lowest BCUT2D eigenvalue weighted by Gasteiger charge is -2.05. The van der Waals surface area contributed by atoms with Gasteiger partial charge in [0, 0.05) is 17.7 Å². The van der Waals surface area contributed by atoms with Gasteiger partial charge in [-0.3, -0.25) is 4.79 Å². The summed E-state index contributed by atoms with van der Waals surface area (Å²) in [5.41, 5.74) is 2.57. The third-order valence-electron chi connectivity index (χ3n) is 2.86. The molecular weight excluding hydrogens is 242 g/mol. The maximum Gasteiger partial charge on any atom is 0.251 e. The molecular formula is C14H13N3O2. The zero-order valence-electron chi connectivity index (χ0n) is 10.7. The van der Waals surface area contributed by atoms with Crippen molar-refractivity contribution >= 4 is 5.91 Å². The standard InChI is InChI=1S/C14H13N3O2/c1-9-13(10(2)19-17-9)8-16-14(18)12-5-3-4-11(6-12)7-15/h3-6H,8H2,1-2H3,(H,16,18). The summed E-state index contributed by atoms with van der Waals surface area (Å²) < 4.78 is 5.03. The van der Waals surface area contributed by atoms with E-state index in [4.69, 9.17) is 9.78 Å². The highest BCUT2D eigenvalue weighted by atomic mass is 16.5. The SMILES string of the molecule is Cc1noc(C)c1CNC(=O)c1cccc(C#N)c1. The number of aryl methyl sites for hydroxylation is 2. The van der Waals surface area contributed by atoms with Gasteiger partial charge in [-0.2, -0.15) is 5.26 Å². The molecule has 0 aliphatic rings. The molecule has 19 heavy (non-hydrogen) atoms. The molecule has 1 aromatic carbocycles. The van der Waals surface area contributed by atoms with Crippen LogP contribution in [-0.4, -0.2) is 11.1 Å². The van der Waals surface area contributed by atoms with Gasteiger partial charge in [0.1, 0.15) is 5.76 Å². The number of rotatable bonds is 3. The number of benzene rings is 1. The van der Waals surface area contributed by atoms with Crippen LogP contribution in [0.5, 0.6) is 0 Å². The fourth-order valence-electron chi connectivity index (χ4n) is 1.75. The topological polar surface area (TPSA) is 78.9 Å². The molecule has 0 spiro atoms. The van der Waals surface area contributed by atoms with E-state index >= 15 is 0 Å². The lowest BCUT2D eigenvalue weighted by Crippen LogP contribution is -2.23. The van der Waals surface area contributed by atoms with E-state index in [-0.39, 0.29) is 5.91 Å². The number of nitrogens with one attached hydrogen (secondary N) is 1. The smallest absolute Gasteiger partial charge is 0.251 e. The minimum absolute atomic E-state index is 0.225. The number of carbonyl (C=O) groups is 1. The highest BCUT2D eigenvalue weighted by Gasteiger charge is 2.11. The Morgan fingerprint density at radius 1 is 1.47 bits per heavy atom. The molecule has 0 unspecified atom stereocenters. The Morgan fingerprint density at radius 3 is 2.89 bits per heavy atom. The molecule has 96 valence electrons. The van der Waals surface area contributed by atoms with Gasteiger partial charge >= 0.3 is 0 Å². The Bertz CT molecular complexity index is 633. The lowest BCUT2D eigenvalue weighted by molar-refractivity contribution is 0.0951. The molecule has 1 heterocycles. The number of amides is 1. The largest absolute Gasteiger partial charge is 0.361 e. The average Bonchev–Trinajstić information content (AvgIpc) is 2.75. The van der Waals surface area contributed by atoms with E-state index in [0.29, 0.717) is 23.4 Å². The predicted octanol–water partition coefficient (Wildman–Crippen LogP) is 2.09. The van der Waals surface area contributed by atoms with Crippen molar-refractivity contribution in [2.75, 3.05) is 0 Å². The van der Waals surface area contributed by atoms with Gasteiger partial charge in [0.15, 0.2) is 0 Å². The van der Waals surface area contributed by atoms with Gasteiger partial charge in [-0.1, -0.05) is 11.2 Å². The average molecular weight is 255 g/mol. The van der Waals surface area contributed by atoms with Crippen molar-refractivity contribution in [3.63, 3.8) is 0 Å². The first-order chi connectivity index (χ1) is 9.11. The predicted molar refractivity (Wildman–Crippen MR) is 68.3 cm³/mol. The van der Waals surface area contributed by atoms with Crippen molar-refractivity contribution in [2.45, 2.75) is 20.4 Å². The molecule has 2 aromatic rings. The first-order valence-corrected chi connectivity index (χ1v) is 5.82. The summed E-state index contributed by atoms with van der Waals surface area (Å²) in [7, 11) is 0. The lowest BCUT2D eigenvalue weighted by atomic mass is 10.1. The van der Waals surface area contributed by atoms with Crippen molar-refractivity contribution in [3.05, 3.63) is 52.4 Å². The zero-order valence-corrected chi connectivity index (χ0v) is 10.7. The number of nitrogens with zero attached hydrogens (tertiary/aromatic N) is 2. The molecule has 0 aliphatic carbocycles. The first-order valence-electron chi connectivity index (χ1n) is 5.82. The minimum atomic E-state index is -0.225. The van der Waals surface area contributed by atoms with Crippen LogP contribution in [0.4, 0.5) is 0 Å². The van der Waals surface area contributed by atoms with E-state index in [1.54, 1.807) is 31.2 Å². The van der Waals surface area contributed by atoms with Crippen LogP contribution in [0.1, 0.15) is 32.9 Å². The third kappa shape index (κ3) is 2.80. The van der Waals surface area contributed by atoms with E-state index in [9.17, 15) is 4.79 Å². The molecule has 0 saturated carbocycles. The molecule has 2 rings (SSSR count). The normalized spacial score (nSPS) is 9.95. The number of aromatic nitrogens is 1. The van der Waals surface area contributed by atoms with Gasteiger partial charge in [-0.25, -0.2) is 0 Å². The molecule has 0 atom stereocenters. The van der Waals surface area contributed by atoms with Crippen LogP contribution in [0.15, 0.2) is 28.8 Å². The molecule has 0 radical (unpaired) electrons. The highest BCUT2D eigenvalue weighted by molar-refractivity contribution is 5.94. The number of nitriles is 1. The van der Waals surface area contributed by atoms with E-state index < -0.39 is 0 Å². The van der Waals surface area contributed by atoms with Gasteiger partial charge in [-0.15, -0.1) is 0 Å². The molecule has 1 N–H and O–H groups in total. The van der Waals surface area contributed by atoms with Crippen molar-refractivity contribution in [1.82, 2.24) is 10.5 Å². The number of hydrogen-bond donors (Lipinski definition) is 1.